The number of nitrogens with zero attached hydrogens (tertiary/aromatic N) is 1. The Morgan fingerprint density at radius 2 is 1.90 bits per heavy atom. The molecule has 21 heavy (non-hydrogen) atoms. The van der Waals surface area contributed by atoms with Gasteiger partial charge in [-0.2, -0.15) is 0 Å². The Morgan fingerprint density at radius 3 is 2.76 bits per heavy atom. The normalized spacial score (nSPS) is 42.8. The fraction of sp³-hybridized carbons (Fsp3) is 0.944. The van der Waals surface area contributed by atoms with Crippen molar-refractivity contribution >= 4 is 5.91 Å². The molecule has 4 bridgehead atoms. The number of carbonyl (C=O) groups is 1. The van der Waals surface area contributed by atoms with Crippen molar-refractivity contribution < 1.29 is 4.79 Å². The first kappa shape index (κ1) is 14.0. The monoisotopic (exact) mass is 290 g/mol. The minimum absolute atomic E-state index is 0.183. The van der Waals surface area contributed by atoms with Gasteiger partial charge in [-0.15, -0.1) is 0 Å². The van der Waals surface area contributed by atoms with E-state index in [1.807, 2.05) is 0 Å². The molecule has 3 heteroatoms. The lowest BCUT2D eigenvalue weighted by molar-refractivity contribution is -0.126. The third-order valence-corrected chi connectivity index (χ3v) is 6.95. The molecule has 3 aliphatic carbocycles. The maximum Gasteiger partial charge on any atom is 0.234 e. The predicted molar refractivity (Wildman–Crippen MR) is 84.0 cm³/mol. The van der Waals surface area contributed by atoms with Gasteiger partial charge >= 0.3 is 0 Å². The summed E-state index contributed by atoms with van der Waals surface area (Å²) in [6.45, 7) is 2.88. The van der Waals surface area contributed by atoms with Crippen LogP contribution in [0.1, 0.15) is 64.2 Å². The van der Waals surface area contributed by atoms with Crippen LogP contribution in [0.2, 0.25) is 0 Å². The minimum Gasteiger partial charge on any atom is -0.349 e. The molecule has 0 spiro atoms. The van der Waals surface area contributed by atoms with E-state index in [4.69, 9.17) is 0 Å². The Bertz CT molecular complexity index is 404. The first-order valence-electron chi connectivity index (χ1n) is 9.28. The molecule has 3 saturated carbocycles. The topological polar surface area (TPSA) is 32.3 Å². The third-order valence-electron chi connectivity index (χ3n) is 6.95. The lowest BCUT2D eigenvalue weighted by Crippen LogP contribution is -2.59. The number of carbonyl (C=O) groups excluding carboxylic acids is 1. The molecule has 1 aliphatic heterocycles. The van der Waals surface area contributed by atoms with Crippen LogP contribution in [0.4, 0.5) is 0 Å². The van der Waals surface area contributed by atoms with Gasteiger partial charge in [0.05, 0.1) is 6.54 Å². The Balaban J connectivity index is 1.41. The highest BCUT2D eigenvalue weighted by molar-refractivity contribution is 5.79. The molecular weight excluding hydrogens is 260 g/mol. The molecule has 118 valence electrons. The summed E-state index contributed by atoms with van der Waals surface area (Å²) in [7, 11) is 0. The molecular formula is C18H30N2O. The van der Waals surface area contributed by atoms with Gasteiger partial charge in [0.2, 0.25) is 5.91 Å². The highest BCUT2D eigenvalue weighted by Crippen LogP contribution is 2.56. The highest BCUT2D eigenvalue weighted by Gasteiger charge is 2.53. The molecule has 0 radical (unpaired) electrons. The van der Waals surface area contributed by atoms with Crippen molar-refractivity contribution in [3.05, 3.63) is 0 Å². The Labute approximate surface area is 128 Å². The fourth-order valence-corrected chi connectivity index (χ4v) is 5.92. The van der Waals surface area contributed by atoms with E-state index < -0.39 is 0 Å². The third kappa shape index (κ3) is 2.62. The lowest BCUT2D eigenvalue weighted by Gasteiger charge is -2.50. The summed E-state index contributed by atoms with van der Waals surface area (Å²) in [5, 5.41) is 3.56. The second-order valence-corrected chi connectivity index (χ2v) is 8.17. The molecule has 4 aliphatic rings. The average Bonchev–Trinajstić information content (AvgIpc) is 2.95. The first-order chi connectivity index (χ1) is 10.3. The van der Waals surface area contributed by atoms with Crippen molar-refractivity contribution in [2.75, 3.05) is 19.6 Å². The van der Waals surface area contributed by atoms with Crippen LogP contribution >= 0.6 is 0 Å². The summed E-state index contributed by atoms with van der Waals surface area (Å²) in [4.78, 5) is 15.0. The number of amides is 1. The van der Waals surface area contributed by atoms with Crippen molar-refractivity contribution in [1.82, 2.24) is 10.2 Å². The minimum atomic E-state index is 0.183. The van der Waals surface area contributed by atoms with E-state index in [-0.39, 0.29) is 5.54 Å². The molecule has 1 heterocycles. The summed E-state index contributed by atoms with van der Waals surface area (Å²) in [6.07, 6.45) is 13.4. The molecule has 0 aromatic rings. The van der Waals surface area contributed by atoms with Crippen LogP contribution in [0.3, 0.4) is 0 Å². The number of rotatable bonds is 3. The number of hydrogen-bond donors (Lipinski definition) is 1. The molecule has 0 aromatic heterocycles. The van der Waals surface area contributed by atoms with Gasteiger partial charge in [-0.1, -0.05) is 19.3 Å². The molecule has 1 saturated heterocycles. The van der Waals surface area contributed by atoms with E-state index in [1.165, 1.54) is 64.2 Å². The van der Waals surface area contributed by atoms with E-state index in [0.717, 1.165) is 30.8 Å². The van der Waals surface area contributed by atoms with Crippen LogP contribution in [-0.4, -0.2) is 36.0 Å². The quantitative estimate of drug-likeness (QED) is 0.867. The number of nitrogens with one attached hydrogen (secondary N) is 1. The molecule has 1 amide bonds. The zero-order valence-corrected chi connectivity index (χ0v) is 13.3. The zero-order valence-electron chi connectivity index (χ0n) is 13.3. The van der Waals surface area contributed by atoms with Crippen LogP contribution < -0.4 is 5.32 Å². The van der Waals surface area contributed by atoms with Crippen molar-refractivity contribution in [3.8, 4) is 0 Å². The number of hydrogen-bond acceptors (Lipinski definition) is 2. The maximum atomic E-state index is 12.6. The largest absolute Gasteiger partial charge is 0.349 e. The second kappa shape index (κ2) is 5.57. The Kier molecular flexibility index (Phi) is 3.72. The van der Waals surface area contributed by atoms with Crippen molar-refractivity contribution in [1.29, 1.82) is 0 Å². The van der Waals surface area contributed by atoms with Crippen LogP contribution in [0.25, 0.3) is 0 Å². The van der Waals surface area contributed by atoms with Gasteiger partial charge in [0.15, 0.2) is 0 Å². The van der Waals surface area contributed by atoms with E-state index >= 15 is 0 Å². The predicted octanol–water partition coefficient (Wildman–Crippen LogP) is 2.95. The Hall–Kier alpha value is -0.570. The van der Waals surface area contributed by atoms with E-state index in [1.54, 1.807) is 0 Å². The number of likely N-dealkylation sites (tertiary alicyclic amines) is 1. The van der Waals surface area contributed by atoms with Gasteiger partial charge in [0.1, 0.15) is 0 Å². The van der Waals surface area contributed by atoms with E-state index in [0.29, 0.717) is 12.5 Å². The van der Waals surface area contributed by atoms with Gasteiger partial charge in [-0.05, 0) is 75.8 Å². The number of fused-ring (bicyclic) bond motifs is 6. The summed E-state index contributed by atoms with van der Waals surface area (Å²) in [6, 6.07) is 0. The molecule has 1 N–H and O–H groups in total. The molecule has 4 fully saturated rings. The Morgan fingerprint density at radius 1 is 1.05 bits per heavy atom. The van der Waals surface area contributed by atoms with Crippen LogP contribution in [0.5, 0.6) is 0 Å². The smallest absolute Gasteiger partial charge is 0.234 e. The van der Waals surface area contributed by atoms with Crippen molar-refractivity contribution in [2.45, 2.75) is 69.7 Å². The number of piperidine rings is 1. The van der Waals surface area contributed by atoms with Crippen LogP contribution in [-0.2, 0) is 4.79 Å². The van der Waals surface area contributed by atoms with Crippen LogP contribution in [0.15, 0.2) is 0 Å². The van der Waals surface area contributed by atoms with Gasteiger partial charge in [0, 0.05) is 5.54 Å². The zero-order chi connectivity index (χ0) is 14.3. The molecule has 3 nitrogen and oxygen atoms in total. The van der Waals surface area contributed by atoms with Crippen molar-refractivity contribution in [3.63, 3.8) is 0 Å². The fourth-order valence-electron chi connectivity index (χ4n) is 5.92. The van der Waals surface area contributed by atoms with Crippen molar-refractivity contribution in [2.24, 2.45) is 17.8 Å². The molecule has 0 aromatic carbocycles. The van der Waals surface area contributed by atoms with E-state index in [9.17, 15) is 4.79 Å². The highest BCUT2D eigenvalue weighted by atomic mass is 16.2. The lowest BCUT2D eigenvalue weighted by atomic mass is 9.61. The molecule has 4 unspecified atom stereocenters. The summed E-state index contributed by atoms with van der Waals surface area (Å²) < 4.78 is 0. The first-order valence-corrected chi connectivity index (χ1v) is 9.28. The van der Waals surface area contributed by atoms with E-state index in [2.05, 4.69) is 10.2 Å². The maximum absolute atomic E-state index is 12.6. The van der Waals surface area contributed by atoms with Gasteiger partial charge in [-0.3, -0.25) is 9.69 Å². The SMILES string of the molecule is O=C(CN1CCCCC1)NC12CCCC(C1)C1CCC2C1. The molecule has 4 atom stereocenters. The average molecular weight is 290 g/mol. The summed E-state index contributed by atoms with van der Waals surface area (Å²) in [5.74, 6) is 2.99. The molecule has 4 rings (SSSR count). The van der Waals surface area contributed by atoms with Crippen LogP contribution in [0, 0.1) is 17.8 Å². The van der Waals surface area contributed by atoms with Gasteiger partial charge < -0.3 is 5.32 Å². The summed E-state index contributed by atoms with van der Waals surface area (Å²) >= 11 is 0. The second-order valence-electron chi connectivity index (χ2n) is 8.17. The van der Waals surface area contributed by atoms with Gasteiger partial charge in [0.25, 0.3) is 0 Å². The van der Waals surface area contributed by atoms with Gasteiger partial charge in [-0.25, -0.2) is 0 Å². The summed E-state index contributed by atoms with van der Waals surface area (Å²) in [5.41, 5.74) is 0.183. The standard InChI is InChI=1S/C18H30N2O/c21-17(13-20-9-2-1-3-10-20)19-18-8-4-5-15(12-18)14-6-7-16(18)11-14/h14-16H,1-13H2,(H,19,21).